The van der Waals surface area contributed by atoms with E-state index in [1.165, 1.54) is 17.3 Å². The van der Waals surface area contributed by atoms with Gasteiger partial charge in [0.25, 0.3) is 5.91 Å². The Morgan fingerprint density at radius 2 is 2.06 bits per heavy atom. The van der Waals surface area contributed by atoms with Crippen molar-refractivity contribution >= 4 is 28.9 Å². The summed E-state index contributed by atoms with van der Waals surface area (Å²) in [6.45, 7) is 2.11. The van der Waals surface area contributed by atoms with E-state index in [1.54, 1.807) is 0 Å². The van der Waals surface area contributed by atoms with Crippen LogP contribution < -0.4 is 5.73 Å². The van der Waals surface area contributed by atoms with Gasteiger partial charge in [-0.05, 0) is 35.4 Å². The summed E-state index contributed by atoms with van der Waals surface area (Å²) in [6.07, 6.45) is 2.83. The maximum atomic E-state index is 11.4. The first-order chi connectivity index (χ1) is 7.69. The normalized spacial score (nSPS) is 17.9. The quantitative estimate of drug-likeness (QED) is 0.795. The maximum Gasteiger partial charge on any atom is 0.286 e. The lowest BCUT2D eigenvalue weighted by Crippen LogP contribution is -2.01. The van der Waals surface area contributed by atoms with Gasteiger partial charge in [-0.15, -0.1) is 0 Å². The van der Waals surface area contributed by atoms with Gasteiger partial charge in [0.2, 0.25) is 0 Å². The molecule has 2 N–H and O–H groups in total. The Morgan fingerprint density at radius 3 is 2.56 bits per heavy atom. The third-order valence-corrected chi connectivity index (χ3v) is 3.14. The number of hydrogen-bond donors (Lipinski definition) is 1. The number of nitrogens with two attached hydrogens (primary N) is 1. The Hall–Kier alpha value is -1.55. The molecule has 1 amide bonds. The monoisotopic (exact) mass is 232 g/mol. The summed E-state index contributed by atoms with van der Waals surface area (Å²) < 4.78 is 0. The molecule has 0 atom stereocenters. The molecule has 2 rings (SSSR count). The number of thioether (sulfide) groups is 1. The molecule has 0 bridgehead atoms. The van der Waals surface area contributed by atoms with E-state index in [0.717, 1.165) is 12.0 Å². The predicted molar refractivity (Wildman–Crippen MR) is 68.0 cm³/mol. The molecule has 16 heavy (non-hydrogen) atoms. The van der Waals surface area contributed by atoms with E-state index < -0.39 is 0 Å². The zero-order valence-corrected chi connectivity index (χ0v) is 9.75. The zero-order chi connectivity index (χ0) is 11.5. The van der Waals surface area contributed by atoms with Crippen molar-refractivity contribution in [3.8, 4) is 0 Å². The van der Waals surface area contributed by atoms with Gasteiger partial charge in [0.15, 0.2) is 5.17 Å². The lowest BCUT2D eigenvalue weighted by Gasteiger charge is -1.98. The van der Waals surface area contributed by atoms with Crippen LogP contribution in [-0.4, -0.2) is 11.1 Å². The molecule has 4 heteroatoms. The van der Waals surface area contributed by atoms with Crippen LogP contribution in [-0.2, 0) is 11.2 Å². The van der Waals surface area contributed by atoms with Gasteiger partial charge in [-0.3, -0.25) is 4.79 Å². The van der Waals surface area contributed by atoms with E-state index in [4.69, 9.17) is 5.73 Å². The molecule has 0 unspecified atom stereocenters. The van der Waals surface area contributed by atoms with Crippen molar-refractivity contribution in [2.45, 2.75) is 13.3 Å². The summed E-state index contributed by atoms with van der Waals surface area (Å²) >= 11 is 1.22. The fourth-order valence-electron chi connectivity index (χ4n) is 1.43. The Bertz CT molecular complexity index is 474. The van der Waals surface area contributed by atoms with Crippen LogP contribution in [0.4, 0.5) is 0 Å². The van der Waals surface area contributed by atoms with Crippen LogP contribution in [0, 0.1) is 0 Å². The number of aryl methyl sites for hydroxylation is 1. The van der Waals surface area contributed by atoms with Gasteiger partial charge in [-0.2, -0.15) is 4.99 Å². The number of aliphatic imine (C=N–C) groups is 1. The molecule has 1 aliphatic rings. The average Bonchev–Trinajstić information content (AvgIpc) is 2.59. The van der Waals surface area contributed by atoms with E-state index in [2.05, 4.69) is 24.0 Å². The first-order valence-electron chi connectivity index (χ1n) is 5.06. The SMILES string of the molecule is CCc1ccc(C=C2SC(N)=NC2=O)cc1. The van der Waals surface area contributed by atoms with Crippen molar-refractivity contribution < 1.29 is 4.79 Å². The Labute approximate surface area is 98.4 Å². The minimum atomic E-state index is -0.248. The second kappa shape index (κ2) is 4.53. The molecule has 1 aliphatic heterocycles. The van der Waals surface area contributed by atoms with E-state index in [-0.39, 0.29) is 5.91 Å². The minimum Gasteiger partial charge on any atom is -0.378 e. The van der Waals surface area contributed by atoms with Gasteiger partial charge in [0, 0.05) is 0 Å². The van der Waals surface area contributed by atoms with E-state index in [9.17, 15) is 4.79 Å². The standard InChI is InChI=1S/C12H12N2OS/c1-2-8-3-5-9(6-4-8)7-10-11(15)14-12(13)16-10/h3-7H,2H2,1H3,(H2,13,14,15). The number of carbonyl (C=O) groups is 1. The molecule has 3 nitrogen and oxygen atoms in total. The highest BCUT2D eigenvalue weighted by Crippen LogP contribution is 2.26. The van der Waals surface area contributed by atoms with Gasteiger partial charge in [-0.25, -0.2) is 0 Å². The third-order valence-electron chi connectivity index (χ3n) is 2.32. The molecular weight excluding hydrogens is 220 g/mol. The van der Waals surface area contributed by atoms with Gasteiger partial charge in [-0.1, -0.05) is 31.2 Å². The molecule has 0 spiro atoms. The molecule has 0 aromatic heterocycles. The first kappa shape index (κ1) is 11.0. The lowest BCUT2D eigenvalue weighted by molar-refractivity contribution is -0.113. The number of rotatable bonds is 2. The topological polar surface area (TPSA) is 55.4 Å². The number of nitrogens with zero attached hydrogens (tertiary/aromatic N) is 1. The highest BCUT2D eigenvalue weighted by molar-refractivity contribution is 8.18. The van der Waals surface area contributed by atoms with E-state index in [1.807, 2.05) is 18.2 Å². The van der Waals surface area contributed by atoms with Gasteiger partial charge in [0.05, 0.1) is 4.91 Å². The molecule has 1 aromatic carbocycles. The number of amidine groups is 1. The Morgan fingerprint density at radius 1 is 1.38 bits per heavy atom. The Kier molecular flexibility index (Phi) is 3.10. The molecule has 1 aromatic rings. The van der Waals surface area contributed by atoms with Gasteiger partial charge in [0.1, 0.15) is 0 Å². The molecule has 82 valence electrons. The fraction of sp³-hybridized carbons (Fsp3) is 0.167. The summed E-state index contributed by atoms with van der Waals surface area (Å²) in [6, 6.07) is 8.10. The number of hydrogen-bond acceptors (Lipinski definition) is 3. The van der Waals surface area contributed by atoms with Gasteiger partial charge < -0.3 is 5.73 Å². The lowest BCUT2D eigenvalue weighted by atomic mass is 10.1. The van der Waals surface area contributed by atoms with Crippen molar-refractivity contribution in [3.63, 3.8) is 0 Å². The second-order valence-electron chi connectivity index (χ2n) is 3.46. The van der Waals surface area contributed by atoms with Crippen LogP contribution in [0.5, 0.6) is 0 Å². The summed E-state index contributed by atoms with van der Waals surface area (Å²) in [7, 11) is 0. The minimum absolute atomic E-state index is 0.248. The predicted octanol–water partition coefficient (Wildman–Crippen LogP) is 2.18. The van der Waals surface area contributed by atoms with Crippen molar-refractivity contribution in [3.05, 3.63) is 40.3 Å². The van der Waals surface area contributed by atoms with Crippen LogP contribution >= 0.6 is 11.8 Å². The molecule has 0 radical (unpaired) electrons. The van der Waals surface area contributed by atoms with Gasteiger partial charge >= 0.3 is 0 Å². The first-order valence-corrected chi connectivity index (χ1v) is 5.87. The van der Waals surface area contributed by atoms with Crippen LogP contribution in [0.25, 0.3) is 6.08 Å². The summed E-state index contributed by atoms with van der Waals surface area (Å²) in [5.74, 6) is -0.248. The van der Waals surface area contributed by atoms with Crippen molar-refractivity contribution in [2.24, 2.45) is 10.7 Å². The van der Waals surface area contributed by atoms with Crippen molar-refractivity contribution in [2.75, 3.05) is 0 Å². The van der Waals surface area contributed by atoms with Crippen LogP contribution in [0.2, 0.25) is 0 Å². The average molecular weight is 232 g/mol. The molecule has 0 fully saturated rings. The van der Waals surface area contributed by atoms with E-state index in [0.29, 0.717) is 10.1 Å². The largest absolute Gasteiger partial charge is 0.378 e. The van der Waals surface area contributed by atoms with Crippen molar-refractivity contribution in [1.29, 1.82) is 0 Å². The van der Waals surface area contributed by atoms with Crippen LogP contribution in [0.15, 0.2) is 34.2 Å². The number of amides is 1. The second-order valence-corrected chi connectivity index (χ2v) is 4.52. The highest BCUT2D eigenvalue weighted by Gasteiger charge is 2.19. The number of benzene rings is 1. The van der Waals surface area contributed by atoms with Crippen LogP contribution in [0.3, 0.4) is 0 Å². The third kappa shape index (κ3) is 2.33. The summed E-state index contributed by atoms with van der Waals surface area (Å²) in [4.78, 5) is 15.6. The molecule has 0 saturated carbocycles. The van der Waals surface area contributed by atoms with Crippen LogP contribution in [0.1, 0.15) is 18.1 Å². The highest BCUT2D eigenvalue weighted by atomic mass is 32.2. The smallest absolute Gasteiger partial charge is 0.286 e. The number of carbonyl (C=O) groups excluding carboxylic acids is 1. The summed E-state index contributed by atoms with van der Waals surface area (Å²) in [5, 5.41) is 0.321. The molecular formula is C12H12N2OS. The maximum absolute atomic E-state index is 11.4. The van der Waals surface area contributed by atoms with Crippen molar-refractivity contribution in [1.82, 2.24) is 0 Å². The fourth-order valence-corrected chi connectivity index (χ4v) is 2.11. The zero-order valence-electron chi connectivity index (χ0n) is 8.93. The Balaban J connectivity index is 2.21. The summed E-state index contributed by atoms with van der Waals surface area (Å²) in [5.41, 5.74) is 7.75. The molecule has 0 saturated heterocycles. The molecule has 0 aliphatic carbocycles. The molecule has 1 heterocycles. The van der Waals surface area contributed by atoms with E-state index >= 15 is 0 Å².